The van der Waals surface area contributed by atoms with Crippen LogP contribution in [0.3, 0.4) is 0 Å². The Bertz CT molecular complexity index is 604. The number of ether oxygens (including phenoxy) is 3. The van der Waals surface area contributed by atoms with Crippen molar-refractivity contribution in [3.8, 4) is 5.75 Å². The highest BCUT2D eigenvalue weighted by atomic mass is 32.1. The van der Waals surface area contributed by atoms with E-state index in [0.29, 0.717) is 0 Å². The minimum absolute atomic E-state index is 0.248. The van der Waals surface area contributed by atoms with Gasteiger partial charge in [0.05, 0.1) is 39.6 Å². The number of hydrogen-bond donors (Lipinski definition) is 2. The van der Waals surface area contributed by atoms with E-state index in [1.807, 2.05) is 12.1 Å². The molecular formula is C21H34N4O3S. The number of thiocarbonyl (C=S) groups is 1. The van der Waals surface area contributed by atoms with Crippen LogP contribution in [0, 0.1) is 0 Å². The van der Waals surface area contributed by atoms with Gasteiger partial charge < -0.3 is 24.8 Å². The van der Waals surface area contributed by atoms with Crippen LogP contribution in [-0.4, -0.2) is 94.3 Å². The zero-order chi connectivity index (χ0) is 20.3. The molecule has 2 N–H and O–H groups in total. The van der Waals surface area contributed by atoms with Crippen molar-refractivity contribution in [2.24, 2.45) is 0 Å². The number of hydrogen-bond acceptors (Lipinski definition) is 6. The highest BCUT2D eigenvalue weighted by Gasteiger charge is 2.23. The zero-order valence-corrected chi connectivity index (χ0v) is 18.2. The molecule has 7 nitrogen and oxygen atoms in total. The summed E-state index contributed by atoms with van der Waals surface area (Å²) in [6, 6.07) is 8.56. The molecular weight excluding hydrogens is 388 g/mol. The van der Waals surface area contributed by atoms with E-state index in [4.69, 9.17) is 26.4 Å². The van der Waals surface area contributed by atoms with E-state index in [2.05, 4.69) is 32.6 Å². The Hall–Kier alpha value is -1.45. The molecule has 1 aromatic carbocycles. The van der Waals surface area contributed by atoms with Crippen LogP contribution >= 0.6 is 12.2 Å². The van der Waals surface area contributed by atoms with E-state index in [9.17, 15) is 0 Å². The molecule has 0 radical (unpaired) electrons. The fourth-order valence-electron chi connectivity index (χ4n) is 3.75. The van der Waals surface area contributed by atoms with Gasteiger partial charge in [-0.15, -0.1) is 0 Å². The van der Waals surface area contributed by atoms with Gasteiger partial charge in [-0.05, 0) is 42.9 Å². The lowest BCUT2D eigenvalue weighted by molar-refractivity contribution is 0.0170. The normalized spacial score (nSPS) is 19.5. The lowest BCUT2D eigenvalue weighted by Gasteiger charge is -2.35. The quantitative estimate of drug-likeness (QED) is 0.456. The highest BCUT2D eigenvalue weighted by Crippen LogP contribution is 2.23. The molecule has 0 spiro atoms. The standard InChI is InChI=1S/C21H34N4O3S/c1-26-19-5-3-18(4-6-19)20(25-11-15-28-16-12-25)17-23-21(29)22-7-2-8-24-9-13-27-14-10-24/h3-6,20H,2,7-17H2,1H3,(H2,22,23,29). The van der Waals surface area contributed by atoms with Crippen LogP contribution in [0.4, 0.5) is 0 Å². The summed E-state index contributed by atoms with van der Waals surface area (Å²) in [5, 5.41) is 7.49. The lowest BCUT2D eigenvalue weighted by atomic mass is 10.0. The van der Waals surface area contributed by atoms with Crippen LogP contribution in [0.2, 0.25) is 0 Å². The van der Waals surface area contributed by atoms with Crippen molar-refractivity contribution in [2.45, 2.75) is 12.5 Å². The van der Waals surface area contributed by atoms with Crippen LogP contribution in [0.15, 0.2) is 24.3 Å². The molecule has 2 saturated heterocycles. The predicted octanol–water partition coefficient (Wildman–Crippen LogP) is 1.25. The Morgan fingerprint density at radius 1 is 1.03 bits per heavy atom. The number of methoxy groups -OCH3 is 1. The second kappa shape index (κ2) is 12.3. The fraction of sp³-hybridized carbons (Fsp3) is 0.667. The summed E-state index contributed by atoms with van der Waals surface area (Å²) in [6.07, 6.45) is 1.08. The molecule has 3 rings (SSSR count). The minimum atomic E-state index is 0.248. The van der Waals surface area contributed by atoms with Gasteiger partial charge in [0.15, 0.2) is 5.11 Å². The molecule has 2 fully saturated rings. The van der Waals surface area contributed by atoms with Gasteiger partial charge in [0, 0.05) is 39.3 Å². The van der Waals surface area contributed by atoms with Crippen LogP contribution in [0.5, 0.6) is 5.75 Å². The molecule has 162 valence electrons. The summed E-state index contributed by atoms with van der Waals surface area (Å²) in [6.45, 7) is 9.90. The van der Waals surface area contributed by atoms with E-state index in [1.165, 1.54) is 5.56 Å². The van der Waals surface area contributed by atoms with E-state index >= 15 is 0 Å². The maximum absolute atomic E-state index is 5.53. The molecule has 1 atom stereocenters. The highest BCUT2D eigenvalue weighted by molar-refractivity contribution is 7.80. The van der Waals surface area contributed by atoms with E-state index in [1.54, 1.807) is 7.11 Å². The summed E-state index contributed by atoms with van der Waals surface area (Å²) >= 11 is 5.51. The van der Waals surface area contributed by atoms with Crippen molar-refractivity contribution in [1.29, 1.82) is 0 Å². The van der Waals surface area contributed by atoms with Crippen LogP contribution < -0.4 is 15.4 Å². The molecule has 29 heavy (non-hydrogen) atoms. The number of rotatable bonds is 9. The molecule has 0 aromatic heterocycles. The average molecular weight is 423 g/mol. The molecule has 2 aliphatic heterocycles. The maximum atomic E-state index is 5.53. The monoisotopic (exact) mass is 422 g/mol. The summed E-state index contributed by atoms with van der Waals surface area (Å²) < 4.78 is 16.2. The average Bonchev–Trinajstić information content (AvgIpc) is 2.79. The molecule has 1 unspecified atom stereocenters. The molecule has 2 aliphatic rings. The topological polar surface area (TPSA) is 58.2 Å². The molecule has 0 aliphatic carbocycles. The number of nitrogens with zero attached hydrogens (tertiary/aromatic N) is 2. The van der Waals surface area contributed by atoms with E-state index in [0.717, 1.165) is 89.5 Å². The van der Waals surface area contributed by atoms with Gasteiger partial charge in [0.2, 0.25) is 0 Å². The van der Waals surface area contributed by atoms with Crippen LogP contribution in [-0.2, 0) is 9.47 Å². The third kappa shape index (κ3) is 7.38. The van der Waals surface area contributed by atoms with Crippen LogP contribution in [0.1, 0.15) is 18.0 Å². The first-order valence-corrected chi connectivity index (χ1v) is 10.9. The first-order chi connectivity index (χ1) is 14.3. The van der Waals surface area contributed by atoms with E-state index < -0.39 is 0 Å². The fourth-order valence-corrected chi connectivity index (χ4v) is 3.94. The Balaban J connectivity index is 1.44. The summed E-state index contributed by atoms with van der Waals surface area (Å²) in [7, 11) is 1.69. The minimum Gasteiger partial charge on any atom is -0.497 e. The first kappa shape index (κ1) is 22.2. The summed E-state index contributed by atoms with van der Waals surface area (Å²) in [5.41, 5.74) is 1.26. The summed E-state index contributed by atoms with van der Waals surface area (Å²) in [5.74, 6) is 0.875. The van der Waals surface area contributed by atoms with Crippen molar-refractivity contribution in [2.75, 3.05) is 79.4 Å². The smallest absolute Gasteiger partial charge is 0.166 e. The molecule has 8 heteroatoms. The third-order valence-corrected chi connectivity index (χ3v) is 5.77. The van der Waals surface area contributed by atoms with Crippen molar-refractivity contribution < 1.29 is 14.2 Å². The zero-order valence-electron chi connectivity index (χ0n) is 17.4. The molecule has 2 heterocycles. The maximum Gasteiger partial charge on any atom is 0.166 e. The Labute approximate surface area is 179 Å². The van der Waals surface area contributed by atoms with Gasteiger partial charge in [-0.1, -0.05) is 12.1 Å². The molecule has 0 bridgehead atoms. The lowest BCUT2D eigenvalue weighted by Crippen LogP contribution is -2.46. The second-order valence-electron chi connectivity index (χ2n) is 7.38. The van der Waals surface area contributed by atoms with Crippen molar-refractivity contribution >= 4 is 17.3 Å². The largest absolute Gasteiger partial charge is 0.497 e. The van der Waals surface area contributed by atoms with Gasteiger partial charge in [0.1, 0.15) is 5.75 Å². The molecule has 0 saturated carbocycles. The first-order valence-electron chi connectivity index (χ1n) is 10.5. The second-order valence-corrected chi connectivity index (χ2v) is 7.79. The molecule has 0 amide bonds. The van der Waals surface area contributed by atoms with Gasteiger partial charge in [-0.25, -0.2) is 0 Å². The Kier molecular flexibility index (Phi) is 9.43. The van der Waals surface area contributed by atoms with Crippen molar-refractivity contribution in [3.63, 3.8) is 0 Å². The van der Waals surface area contributed by atoms with Crippen molar-refractivity contribution in [1.82, 2.24) is 20.4 Å². The predicted molar refractivity (Wildman–Crippen MR) is 119 cm³/mol. The SMILES string of the molecule is COc1ccc(C(CNC(=S)NCCCN2CCOCC2)N2CCOCC2)cc1. The Morgan fingerprint density at radius 3 is 2.34 bits per heavy atom. The van der Waals surface area contributed by atoms with Gasteiger partial charge in [-0.3, -0.25) is 9.80 Å². The molecule has 1 aromatic rings. The van der Waals surface area contributed by atoms with Gasteiger partial charge >= 0.3 is 0 Å². The van der Waals surface area contributed by atoms with Gasteiger partial charge in [-0.2, -0.15) is 0 Å². The number of nitrogens with one attached hydrogen (secondary N) is 2. The third-order valence-electron chi connectivity index (χ3n) is 5.48. The van der Waals surface area contributed by atoms with Crippen LogP contribution in [0.25, 0.3) is 0 Å². The van der Waals surface area contributed by atoms with Crippen molar-refractivity contribution in [3.05, 3.63) is 29.8 Å². The van der Waals surface area contributed by atoms with Gasteiger partial charge in [0.25, 0.3) is 0 Å². The summed E-state index contributed by atoms with van der Waals surface area (Å²) in [4.78, 5) is 4.90. The Morgan fingerprint density at radius 2 is 1.69 bits per heavy atom. The number of morpholine rings is 2. The number of benzene rings is 1. The van der Waals surface area contributed by atoms with E-state index in [-0.39, 0.29) is 6.04 Å².